The van der Waals surface area contributed by atoms with Crippen LogP contribution in [-0.2, 0) is 5.41 Å². The predicted molar refractivity (Wildman–Crippen MR) is 185 cm³/mol. The van der Waals surface area contributed by atoms with Crippen molar-refractivity contribution < 1.29 is 0 Å². The van der Waals surface area contributed by atoms with E-state index in [2.05, 4.69) is 150 Å². The summed E-state index contributed by atoms with van der Waals surface area (Å²) in [6, 6.07) is 59.4. The molecule has 8 aromatic rings. The first-order chi connectivity index (χ1) is 22.8. The molecule has 9 rings (SSSR count). The Morgan fingerprint density at radius 1 is 0.435 bits per heavy atom. The van der Waals surface area contributed by atoms with Gasteiger partial charge >= 0.3 is 0 Å². The molecule has 0 fully saturated rings. The molecule has 216 valence electrons. The zero-order chi connectivity index (χ0) is 30.5. The molecule has 46 heavy (non-hydrogen) atoms. The average molecular weight is 589 g/mol. The summed E-state index contributed by atoms with van der Waals surface area (Å²) in [6.45, 7) is 0. The van der Waals surface area contributed by atoms with Gasteiger partial charge in [0, 0.05) is 16.7 Å². The van der Waals surface area contributed by atoms with Gasteiger partial charge in [-0.3, -0.25) is 4.57 Å². The predicted octanol–water partition coefficient (Wildman–Crippen LogP) is 9.51. The third kappa shape index (κ3) is 3.97. The van der Waals surface area contributed by atoms with Crippen LogP contribution in [0.3, 0.4) is 0 Å². The second-order valence-electron chi connectivity index (χ2n) is 11.7. The lowest BCUT2D eigenvalue weighted by Gasteiger charge is -2.31. The van der Waals surface area contributed by atoms with E-state index >= 15 is 0 Å². The van der Waals surface area contributed by atoms with Crippen molar-refractivity contribution in [2.45, 2.75) is 5.41 Å². The lowest BCUT2D eigenvalue weighted by molar-refractivity contribution is 0.718. The third-order valence-electron chi connectivity index (χ3n) is 9.07. The van der Waals surface area contributed by atoms with Crippen LogP contribution >= 0.6 is 0 Å². The molecule has 4 nitrogen and oxygen atoms in total. The molecule has 6 aromatic carbocycles. The van der Waals surface area contributed by atoms with Crippen molar-refractivity contribution in [3.63, 3.8) is 0 Å². The quantitative estimate of drug-likeness (QED) is 0.201. The molecule has 1 aliphatic heterocycles. The van der Waals surface area contributed by atoms with Gasteiger partial charge in [-0.15, -0.1) is 0 Å². The first-order valence-electron chi connectivity index (χ1n) is 15.5. The van der Waals surface area contributed by atoms with Crippen LogP contribution in [0.1, 0.15) is 22.5 Å². The Morgan fingerprint density at radius 2 is 0.978 bits per heavy atom. The van der Waals surface area contributed by atoms with E-state index in [1.54, 1.807) is 0 Å². The third-order valence-corrected chi connectivity index (χ3v) is 9.07. The molecule has 3 heterocycles. The van der Waals surface area contributed by atoms with Crippen LogP contribution in [0.25, 0.3) is 50.6 Å². The number of imidazole rings is 1. The van der Waals surface area contributed by atoms with Crippen LogP contribution < -0.4 is 0 Å². The van der Waals surface area contributed by atoms with E-state index in [4.69, 9.17) is 15.0 Å². The Kier molecular flexibility index (Phi) is 6.00. The van der Waals surface area contributed by atoms with Gasteiger partial charge in [-0.1, -0.05) is 140 Å². The Bertz CT molecular complexity index is 2250. The largest absolute Gasteiger partial charge is 0.295 e. The number of hydrogen-bond donors (Lipinski definition) is 0. The van der Waals surface area contributed by atoms with E-state index in [0.29, 0.717) is 5.82 Å². The van der Waals surface area contributed by atoms with Gasteiger partial charge in [0.05, 0.1) is 28.1 Å². The van der Waals surface area contributed by atoms with E-state index in [0.717, 1.165) is 50.6 Å². The maximum absolute atomic E-state index is 5.36. The molecule has 0 saturated carbocycles. The smallest absolute Gasteiger partial charge is 0.160 e. The Labute approximate surface area is 267 Å². The minimum absolute atomic E-state index is 0.634. The summed E-state index contributed by atoms with van der Waals surface area (Å²) in [5.74, 6) is 1.70. The maximum atomic E-state index is 5.36. The summed E-state index contributed by atoms with van der Waals surface area (Å²) < 4.78 is 2.35. The van der Waals surface area contributed by atoms with Gasteiger partial charge in [0.1, 0.15) is 11.2 Å². The number of nitrogens with zero attached hydrogens (tertiary/aromatic N) is 4. The summed E-state index contributed by atoms with van der Waals surface area (Å²) in [5.41, 5.74) is 10.9. The fourth-order valence-corrected chi connectivity index (χ4v) is 7.01. The highest BCUT2D eigenvalue weighted by molar-refractivity contribution is 5.85. The maximum Gasteiger partial charge on any atom is 0.160 e. The van der Waals surface area contributed by atoms with Crippen molar-refractivity contribution in [3.8, 4) is 39.6 Å². The SMILES string of the molecule is c1ccc(-c2cc(-c3ccc4c(c3)C(c3ccccc3)(c3ccccc3)c3nc5ccccc5n3-4)nc(-c3ccccc3)n2)cc1. The van der Waals surface area contributed by atoms with E-state index in [9.17, 15) is 0 Å². The van der Waals surface area contributed by atoms with Crippen LogP contribution in [0.5, 0.6) is 0 Å². The first-order valence-corrected chi connectivity index (χ1v) is 15.5. The second kappa shape index (κ2) is 10.5. The molecular formula is C42H28N4. The number of rotatable bonds is 5. The molecule has 0 spiro atoms. The van der Waals surface area contributed by atoms with Gasteiger partial charge in [-0.25, -0.2) is 15.0 Å². The molecule has 0 unspecified atom stereocenters. The molecule has 4 heteroatoms. The highest BCUT2D eigenvalue weighted by Gasteiger charge is 2.49. The molecule has 0 bridgehead atoms. The Morgan fingerprint density at radius 3 is 1.63 bits per heavy atom. The van der Waals surface area contributed by atoms with Crippen LogP contribution in [0.15, 0.2) is 170 Å². The Hall–Kier alpha value is -6.13. The van der Waals surface area contributed by atoms with Crippen molar-refractivity contribution in [1.29, 1.82) is 0 Å². The minimum Gasteiger partial charge on any atom is -0.295 e. The Balaban J connectivity index is 1.35. The number of aromatic nitrogens is 4. The fraction of sp³-hybridized carbons (Fsp3) is 0.0238. The monoisotopic (exact) mass is 588 g/mol. The van der Waals surface area contributed by atoms with Crippen LogP contribution in [0.2, 0.25) is 0 Å². The second-order valence-corrected chi connectivity index (χ2v) is 11.7. The molecule has 0 radical (unpaired) electrons. The van der Waals surface area contributed by atoms with E-state index < -0.39 is 5.41 Å². The first kappa shape index (κ1) is 26.3. The summed E-state index contributed by atoms with van der Waals surface area (Å²) in [7, 11) is 0. The van der Waals surface area contributed by atoms with Crippen molar-refractivity contribution >= 4 is 11.0 Å². The van der Waals surface area contributed by atoms with Crippen molar-refractivity contribution in [1.82, 2.24) is 19.5 Å². The topological polar surface area (TPSA) is 43.6 Å². The molecule has 0 N–H and O–H groups in total. The lowest BCUT2D eigenvalue weighted by Crippen LogP contribution is -2.29. The number of fused-ring (bicyclic) bond motifs is 5. The standard InChI is InChI=1S/C42H28N4/c1-5-15-29(16-6-1)36-28-37(44-40(43-36)30-17-7-2-8-18-30)31-25-26-38-34(27-31)42(32-19-9-3-10-20-32,33-21-11-4-12-22-33)41-45-35-23-13-14-24-39(35)46(38)41/h1-28H. The van der Waals surface area contributed by atoms with Crippen molar-refractivity contribution in [2.75, 3.05) is 0 Å². The number of para-hydroxylation sites is 2. The van der Waals surface area contributed by atoms with Gasteiger partial charge in [-0.05, 0) is 47.0 Å². The van der Waals surface area contributed by atoms with E-state index in [1.807, 2.05) is 24.3 Å². The molecular weight excluding hydrogens is 560 g/mol. The molecule has 0 saturated heterocycles. The van der Waals surface area contributed by atoms with E-state index in [-0.39, 0.29) is 0 Å². The highest BCUT2D eigenvalue weighted by Crippen LogP contribution is 2.53. The van der Waals surface area contributed by atoms with E-state index in [1.165, 1.54) is 16.7 Å². The lowest BCUT2D eigenvalue weighted by atomic mass is 9.69. The van der Waals surface area contributed by atoms with Gasteiger partial charge < -0.3 is 0 Å². The van der Waals surface area contributed by atoms with Crippen molar-refractivity contribution in [3.05, 3.63) is 192 Å². The van der Waals surface area contributed by atoms with Gasteiger partial charge in [-0.2, -0.15) is 0 Å². The summed E-state index contributed by atoms with van der Waals surface area (Å²) in [6.07, 6.45) is 0. The van der Waals surface area contributed by atoms with Crippen LogP contribution in [-0.4, -0.2) is 19.5 Å². The molecule has 1 aliphatic rings. The van der Waals surface area contributed by atoms with Crippen molar-refractivity contribution in [2.24, 2.45) is 0 Å². The average Bonchev–Trinajstić information content (AvgIpc) is 3.66. The molecule has 0 atom stereocenters. The normalized spacial score (nSPS) is 13.0. The summed E-state index contributed by atoms with van der Waals surface area (Å²) >= 11 is 0. The summed E-state index contributed by atoms with van der Waals surface area (Å²) in [4.78, 5) is 15.6. The minimum atomic E-state index is -0.634. The molecule has 0 aliphatic carbocycles. The van der Waals surface area contributed by atoms with Crippen LogP contribution in [0, 0.1) is 0 Å². The highest BCUT2D eigenvalue weighted by atomic mass is 15.1. The fourth-order valence-electron chi connectivity index (χ4n) is 7.01. The number of hydrogen-bond acceptors (Lipinski definition) is 3. The zero-order valence-corrected chi connectivity index (χ0v) is 25.0. The van der Waals surface area contributed by atoms with Crippen LogP contribution in [0.4, 0.5) is 0 Å². The zero-order valence-electron chi connectivity index (χ0n) is 25.0. The summed E-state index contributed by atoms with van der Waals surface area (Å²) in [5, 5.41) is 0. The van der Waals surface area contributed by atoms with Gasteiger partial charge in [0.15, 0.2) is 5.82 Å². The molecule has 0 amide bonds. The van der Waals surface area contributed by atoms with Gasteiger partial charge in [0.25, 0.3) is 0 Å². The molecule has 2 aromatic heterocycles. The van der Waals surface area contributed by atoms with Gasteiger partial charge in [0.2, 0.25) is 0 Å². The number of benzene rings is 6.